The number of ketones is 2. The molecule has 0 atom stereocenters. The van der Waals surface area contributed by atoms with Crippen molar-refractivity contribution < 1.29 is 14.3 Å². The molecule has 0 N–H and O–H groups in total. The third-order valence-corrected chi connectivity index (χ3v) is 3.12. The monoisotopic (exact) mass is 262 g/mol. The van der Waals surface area contributed by atoms with E-state index in [0.29, 0.717) is 25.9 Å². The Bertz CT molecular complexity index is 382. The normalized spacial score (nSPS) is 10.5. The smallest absolute Gasteiger partial charge is 0.143 e. The molecule has 0 aliphatic carbocycles. The summed E-state index contributed by atoms with van der Waals surface area (Å²) < 4.78 is 5.56. The van der Waals surface area contributed by atoms with Crippen molar-refractivity contribution in [3.63, 3.8) is 0 Å². The van der Waals surface area contributed by atoms with Crippen LogP contribution in [-0.2, 0) is 9.59 Å². The molecular formula is C16H22O3. The molecule has 0 bridgehead atoms. The van der Waals surface area contributed by atoms with Crippen molar-refractivity contribution in [3.8, 4) is 5.75 Å². The average molecular weight is 262 g/mol. The van der Waals surface area contributed by atoms with Gasteiger partial charge in [-0.1, -0.05) is 32.0 Å². The molecule has 1 rings (SSSR count). The number of carbonyl (C=O) groups is 2. The Kier molecular flexibility index (Phi) is 6.86. The summed E-state index contributed by atoms with van der Waals surface area (Å²) >= 11 is 0. The van der Waals surface area contributed by atoms with Crippen molar-refractivity contribution in [2.75, 3.05) is 6.61 Å². The van der Waals surface area contributed by atoms with Gasteiger partial charge in [-0.05, 0) is 25.0 Å². The lowest BCUT2D eigenvalue weighted by Crippen LogP contribution is -2.23. The van der Waals surface area contributed by atoms with Crippen molar-refractivity contribution in [2.24, 2.45) is 5.92 Å². The summed E-state index contributed by atoms with van der Waals surface area (Å²) in [6.07, 6.45) is 2.16. The van der Waals surface area contributed by atoms with Gasteiger partial charge in [0.05, 0.1) is 12.5 Å². The SMILES string of the molecule is CCC(=O)C(CCCOc1ccccc1)C(=O)CC. The highest BCUT2D eigenvalue weighted by Gasteiger charge is 2.22. The minimum Gasteiger partial charge on any atom is -0.494 e. The summed E-state index contributed by atoms with van der Waals surface area (Å²) in [7, 11) is 0. The Morgan fingerprint density at radius 3 is 2.16 bits per heavy atom. The van der Waals surface area contributed by atoms with E-state index in [9.17, 15) is 9.59 Å². The molecule has 1 aromatic carbocycles. The van der Waals surface area contributed by atoms with Crippen molar-refractivity contribution >= 4 is 11.6 Å². The maximum atomic E-state index is 11.7. The standard InChI is InChI=1S/C16H22O3/c1-3-15(17)14(16(18)4-2)11-8-12-19-13-9-6-5-7-10-13/h5-7,9-10,14H,3-4,8,11-12H2,1-2H3. The molecule has 3 nitrogen and oxygen atoms in total. The number of ether oxygens (including phenoxy) is 1. The van der Waals surface area contributed by atoms with E-state index < -0.39 is 5.92 Å². The fourth-order valence-electron chi connectivity index (χ4n) is 1.99. The fraction of sp³-hybridized carbons (Fsp3) is 0.500. The van der Waals surface area contributed by atoms with E-state index in [1.165, 1.54) is 0 Å². The second-order valence-electron chi connectivity index (χ2n) is 4.50. The van der Waals surface area contributed by atoms with Crippen LogP contribution in [0.25, 0.3) is 0 Å². The summed E-state index contributed by atoms with van der Waals surface area (Å²) in [6.45, 7) is 4.14. The van der Waals surface area contributed by atoms with Crippen LogP contribution in [-0.4, -0.2) is 18.2 Å². The van der Waals surface area contributed by atoms with E-state index in [-0.39, 0.29) is 11.6 Å². The first-order valence-electron chi connectivity index (χ1n) is 6.92. The highest BCUT2D eigenvalue weighted by Crippen LogP contribution is 2.15. The lowest BCUT2D eigenvalue weighted by Gasteiger charge is -2.13. The van der Waals surface area contributed by atoms with Crippen LogP contribution >= 0.6 is 0 Å². The van der Waals surface area contributed by atoms with Gasteiger partial charge in [-0.2, -0.15) is 0 Å². The molecular weight excluding hydrogens is 240 g/mol. The first kappa shape index (κ1) is 15.4. The Morgan fingerprint density at radius 1 is 1.05 bits per heavy atom. The van der Waals surface area contributed by atoms with Gasteiger partial charge in [0.25, 0.3) is 0 Å². The van der Waals surface area contributed by atoms with Gasteiger partial charge in [0, 0.05) is 12.8 Å². The molecule has 0 aliphatic rings. The van der Waals surface area contributed by atoms with E-state index in [1.54, 1.807) is 13.8 Å². The van der Waals surface area contributed by atoms with Gasteiger partial charge in [0.2, 0.25) is 0 Å². The molecule has 0 fully saturated rings. The topological polar surface area (TPSA) is 43.4 Å². The van der Waals surface area contributed by atoms with Crippen LogP contribution in [0.4, 0.5) is 0 Å². The lowest BCUT2D eigenvalue weighted by molar-refractivity contribution is -0.132. The second-order valence-corrected chi connectivity index (χ2v) is 4.50. The van der Waals surface area contributed by atoms with Crippen LogP contribution in [0.3, 0.4) is 0 Å². The number of rotatable bonds is 9. The molecule has 0 unspecified atom stereocenters. The van der Waals surface area contributed by atoms with Gasteiger partial charge in [0.15, 0.2) is 0 Å². The molecule has 0 spiro atoms. The van der Waals surface area contributed by atoms with E-state index in [1.807, 2.05) is 30.3 Å². The van der Waals surface area contributed by atoms with Crippen molar-refractivity contribution in [1.29, 1.82) is 0 Å². The van der Waals surface area contributed by atoms with E-state index in [0.717, 1.165) is 12.2 Å². The predicted octanol–water partition coefficient (Wildman–Crippen LogP) is 3.42. The first-order chi connectivity index (χ1) is 9.19. The Hall–Kier alpha value is -1.64. The van der Waals surface area contributed by atoms with Crippen LogP contribution in [0.5, 0.6) is 5.75 Å². The molecule has 0 aromatic heterocycles. The molecule has 0 aliphatic heterocycles. The molecule has 19 heavy (non-hydrogen) atoms. The Morgan fingerprint density at radius 2 is 1.63 bits per heavy atom. The summed E-state index contributed by atoms with van der Waals surface area (Å²) in [5.41, 5.74) is 0. The zero-order chi connectivity index (χ0) is 14.1. The quantitative estimate of drug-likeness (QED) is 0.506. The van der Waals surface area contributed by atoms with Crippen LogP contribution in [0, 0.1) is 5.92 Å². The molecule has 104 valence electrons. The minimum atomic E-state index is -0.436. The van der Waals surface area contributed by atoms with Crippen LogP contribution in [0.2, 0.25) is 0 Å². The number of benzene rings is 1. The number of Topliss-reactive ketones (excluding diaryl/α,β-unsaturated/α-hetero) is 2. The maximum absolute atomic E-state index is 11.7. The van der Waals surface area contributed by atoms with Gasteiger partial charge in [0.1, 0.15) is 17.3 Å². The zero-order valence-corrected chi connectivity index (χ0v) is 11.7. The molecule has 1 aromatic rings. The number of carbonyl (C=O) groups excluding carboxylic acids is 2. The molecule has 0 saturated heterocycles. The molecule has 0 amide bonds. The van der Waals surface area contributed by atoms with E-state index in [2.05, 4.69) is 0 Å². The third-order valence-electron chi connectivity index (χ3n) is 3.12. The van der Waals surface area contributed by atoms with Gasteiger partial charge in [-0.25, -0.2) is 0 Å². The largest absolute Gasteiger partial charge is 0.494 e. The first-order valence-corrected chi connectivity index (χ1v) is 6.92. The summed E-state index contributed by atoms with van der Waals surface area (Å²) in [5.74, 6) is 0.482. The highest BCUT2D eigenvalue weighted by atomic mass is 16.5. The fourth-order valence-corrected chi connectivity index (χ4v) is 1.99. The second kappa shape index (κ2) is 8.46. The third kappa shape index (κ3) is 5.25. The zero-order valence-electron chi connectivity index (χ0n) is 11.7. The van der Waals surface area contributed by atoms with Gasteiger partial charge < -0.3 is 4.74 Å². The van der Waals surface area contributed by atoms with E-state index in [4.69, 9.17) is 4.74 Å². The van der Waals surface area contributed by atoms with Crippen molar-refractivity contribution in [3.05, 3.63) is 30.3 Å². The number of hydrogen-bond acceptors (Lipinski definition) is 3. The van der Waals surface area contributed by atoms with Crippen LogP contribution in [0.15, 0.2) is 30.3 Å². The Labute approximate surface area is 115 Å². The van der Waals surface area contributed by atoms with Gasteiger partial charge in [-0.15, -0.1) is 0 Å². The van der Waals surface area contributed by atoms with E-state index >= 15 is 0 Å². The van der Waals surface area contributed by atoms with Crippen LogP contribution < -0.4 is 4.74 Å². The summed E-state index contributed by atoms with van der Waals surface area (Å²) in [4.78, 5) is 23.4. The van der Waals surface area contributed by atoms with Crippen molar-refractivity contribution in [2.45, 2.75) is 39.5 Å². The molecule has 0 saturated carbocycles. The minimum absolute atomic E-state index is 0.0477. The molecule has 0 heterocycles. The summed E-state index contributed by atoms with van der Waals surface area (Å²) in [6, 6.07) is 9.55. The average Bonchev–Trinajstić information content (AvgIpc) is 2.47. The number of hydrogen-bond donors (Lipinski definition) is 0. The van der Waals surface area contributed by atoms with Gasteiger partial charge >= 0.3 is 0 Å². The van der Waals surface area contributed by atoms with Crippen molar-refractivity contribution in [1.82, 2.24) is 0 Å². The van der Waals surface area contributed by atoms with Gasteiger partial charge in [-0.3, -0.25) is 9.59 Å². The predicted molar refractivity (Wildman–Crippen MR) is 75.3 cm³/mol. The molecule has 0 radical (unpaired) electrons. The lowest BCUT2D eigenvalue weighted by atomic mass is 9.91. The highest BCUT2D eigenvalue weighted by molar-refractivity contribution is 6.02. The maximum Gasteiger partial charge on any atom is 0.143 e. The van der Waals surface area contributed by atoms with Crippen LogP contribution in [0.1, 0.15) is 39.5 Å². The number of para-hydroxylation sites is 1. The Balaban J connectivity index is 2.36. The molecule has 3 heteroatoms. The summed E-state index contributed by atoms with van der Waals surface area (Å²) in [5, 5.41) is 0.